The summed E-state index contributed by atoms with van der Waals surface area (Å²) in [6, 6.07) is 5.67. The maximum Gasteiger partial charge on any atom is 0.262 e. The van der Waals surface area contributed by atoms with E-state index in [0.717, 1.165) is 48.5 Å². The smallest absolute Gasteiger partial charge is 0.262 e. The van der Waals surface area contributed by atoms with Gasteiger partial charge in [0, 0.05) is 45.1 Å². The highest BCUT2D eigenvalue weighted by molar-refractivity contribution is 5.87. The Morgan fingerprint density at radius 2 is 2.17 bits per heavy atom. The number of hydrogen-bond acceptors (Lipinski definition) is 8. The van der Waals surface area contributed by atoms with Gasteiger partial charge in [0.15, 0.2) is 5.76 Å². The normalized spacial score (nSPS) is 25.2. The molecule has 2 saturated heterocycles. The third kappa shape index (κ3) is 3.02. The van der Waals surface area contributed by atoms with Gasteiger partial charge in [-0.25, -0.2) is 15.0 Å². The second kappa shape index (κ2) is 6.77. The fourth-order valence-electron chi connectivity index (χ4n) is 4.22. The van der Waals surface area contributed by atoms with Crippen LogP contribution in [0.4, 0.5) is 5.82 Å². The molecule has 0 aliphatic carbocycles. The van der Waals surface area contributed by atoms with E-state index in [9.17, 15) is 9.90 Å². The predicted octanol–water partition coefficient (Wildman–Crippen LogP) is 1.45. The van der Waals surface area contributed by atoms with E-state index in [0.29, 0.717) is 13.0 Å². The number of nitrogens with zero attached hydrogens (tertiary/aromatic N) is 6. The maximum atomic E-state index is 12.3. The van der Waals surface area contributed by atoms with E-state index in [4.69, 9.17) is 9.51 Å². The lowest BCUT2D eigenvalue weighted by atomic mass is 9.92. The largest absolute Gasteiger partial charge is 0.373 e. The zero-order chi connectivity index (χ0) is 20.0. The number of aliphatic hydroxyl groups is 1. The molecule has 0 spiro atoms. The van der Waals surface area contributed by atoms with Gasteiger partial charge in [0.1, 0.15) is 17.7 Å². The highest BCUT2D eigenvalue weighted by Gasteiger charge is 2.48. The highest BCUT2D eigenvalue weighted by Crippen LogP contribution is 2.36. The first kappa shape index (κ1) is 18.0. The highest BCUT2D eigenvalue weighted by atomic mass is 16.5. The van der Waals surface area contributed by atoms with Gasteiger partial charge < -0.3 is 19.4 Å². The molecule has 0 saturated carbocycles. The number of aromatic nitrogens is 4. The van der Waals surface area contributed by atoms with E-state index < -0.39 is 5.60 Å². The number of rotatable bonds is 3. The molecule has 0 aromatic carbocycles. The van der Waals surface area contributed by atoms with E-state index in [1.54, 1.807) is 19.3 Å². The van der Waals surface area contributed by atoms with Crippen molar-refractivity contribution in [2.45, 2.75) is 30.8 Å². The Kier molecular flexibility index (Phi) is 4.20. The quantitative estimate of drug-likeness (QED) is 0.711. The molecule has 9 nitrogen and oxygen atoms in total. The summed E-state index contributed by atoms with van der Waals surface area (Å²) >= 11 is 0. The van der Waals surface area contributed by atoms with Gasteiger partial charge >= 0.3 is 0 Å². The molecule has 3 aromatic rings. The molecular formula is C20H22N6O3. The van der Waals surface area contributed by atoms with Crippen LogP contribution in [0.5, 0.6) is 0 Å². The van der Waals surface area contributed by atoms with Crippen LogP contribution in [-0.2, 0) is 10.4 Å². The van der Waals surface area contributed by atoms with Gasteiger partial charge in [-0.2, -0.15) is 0 Å². The summed E-state index contributed by atoms with van der Waals surface area (Å²) in [5.74, 6) is 0.920. The molecule has 1 amide bonds. The molecule has 3 aromatic heterocycles. The number of piperidine rings is 1. The van der Waals surface area contributed by atoms with Crippen LogP contribution in [-0.4, -0.2) is 62.7 Å². The average molecular weight is 394 g/mol. The van der Waals surface area contributed by atoms with Crippen molar-refractivity contribution in [3.63, 3.8) is 0 Å². The second-order valence-corrected chi connectivity index (χ2v) is 7.83. The number of fused-ring (bicyclic) bond motifs is 1. The number of amides is 1. The molecule has 2 atom stereocenters. The van der Waals surface area contributed by atoms with Crippen molar-refractivity contribution in [3.05, 3.63) is 42.2 Å². The van der Waals surface area contributed by atoms with Crippen LogP contribution in [0.1, 0.15) is 36.6 Å². The molecule has 0 bridgehead atoms. The van der Waals surface area contributed by atoms with Crippen molar-refractivity contribution in [1.82, 2.24) is 25.0 Å². The lowest BCUT2D eigenvalue weighted by molar-refractivity contribution is -0.144. The molecule has 2 aliphatic rings. The molecule has 1 unspecified atom stereocenters. The summed E-state index contributed by atoms with van der Waals surface area (Å²) in [5, 5.41) is 15.0. The monoisotopic (exact) mass is 394 g/mol. The van der Waals surface area contributed by atoms with Gasteiger partial charge in [-0.05, 0) is 25.0 Å². The van der Waals surface area contributed by atoms with E-state index >= 15 is 0 Å². The van der Waals surface area contributed by atoms with Gasteiger partial charge in [0.2, 0.25) is 5.60 Å². The number of likely N-dealkylation sites (N-methyl/N-ethyl adjacent to an activating group) is 1. The summed E-state index contributed by atoms with van der Waals surface area (Å²) in [7, 11) is 1.68. The summed E-state index contributed by atoms with van der Waals surface area (Å²) in [6.07, 6.45) is 5.50. The van der Waals surface area contributed by atoms with Crippen molar-refractivity contribution in [3.8, 4) is 0 Å². The first-order valence-electron chi connectivity index (χ1n) is 9.81. The Labute approximate surface area is 167 Å². The minimum Gasteiger partial charge on any atom is -0.373 e. The predicted molar refractivity (Wildman–Crippen MR) is 104 cm³/mol. The zero-order valence-corrected chi connectivity index (χ0v) is 16.2. The minimum absolute atomic E-state index is 0.142. The topological polar surface area (TPSA) is 108 Å². The fourth-order valence-corrected chi connectivity index (χ4v) is 4.22. The number of carbonyl (C=O) groups excluding carboxylic acids is 1. The average Bonchev–Trinajstić information content (AvgIpc) is 3.36. The molecule has 1 N–H and O–H groups in total. The van der Waals surface area contributed by atoms with E-state index in [1.165, 1.54) is 11.2 Å². The van der Waals surface area contributed by atoms with Crippen LogP contribution in [0.25, 0.3) is 11.0 Å². The third-order valence-corrected chi connectivity index (χ3v) is 5.96. The Morgan fingerprint density at radius 1 is 1.28 bits per heavy atom. The molecule has 2 fully saturated rings. The number of carbonyl (C=O) groups is 1. The van der Waals surface area contributed by atoms with E-state index in [-0.39, 0.29) is 17.6 Å². The third-order valence-electron chi connectivity index (χ3n) is 5.96. The number of likely N-dealkylation sites (tertiary alicyclic amines) is 1. The Balaban J connectivity index is 1.37. The molecule has 9 heteroatoms. The number of hydrogen-bond donors (Lipinski definition) is 1. The first-order chi connectivity index (χ1) is 14.0. The number of pyridine rings is 1. The van der Waals surface area contributed by atoms with Crippen molar-refractivity contribution in [2.75, 3.05) is 31.6 Å². The number of anilines is 1. The zero-order valence-electron chi connectivity index (χ0n) is 16.2. The lowest BCUT2D eigenvalue weighted by Crippen LogP contribution is -2.36. The summed E-state index contributed by atoms with van der Waals surface area (Å²) < 4.78 is 5.42. The van der Waals surface area contributed by atoms with Gasteiger partial charge in [-0.15, -0.1) is 0 Å². The van der Waals surface area contributed by atoms with Crippen LogP contribution in [0.15, 0.2) is 35.2 Å². The molecule has 5 heterocycles. The maximum absolute atomic E-state index is 12.3. The van der Waals surface area contributed by atoms with E-state index in [2.05, 4.69) is 20.0 Å². The van der Waals surface area contributed by atoms with Gasteiger partial charge in [0.25, 0.3) is 5.91 Å². The lowest BCUT2D eigenvalue weighted by Gasteiger charge is -2.32. The second-order valence-electron chi connectivity index (χ2n) is 7.83. The Hall–Kier alpha value is -3.07. The van der Waals surface area contributed by atoms with Crippen molar-refractivity contribution >= 4 is 22.8 Å². The van der Waals surface area contributed by atoms with Crippen LogP contribution in [0.3, 0.4) is 0 Å². The molecule has 0 radical (unpaired) electrons. The van der Waals surface area contributed by atoms with Gasteiger partial charge in [-0.3, -0.25) is 4.79 Å². The SMILES string of the molecule is CN1CC[C@@](O)(c2cc(C3CCCN(c4ccc5ncncc5n4)C3)no2)C1=O. The summed E-state index contributed by atoms with van der Waals surface area (Å²) in [6.45, 7) is 2.14. The fraction of sp³-hybridized carbons (Fsp3) is 0.450. The molecule has 150 valence electrons. The van der Waals surface area contributed by atoms with Gasteiger partial charge in [-0.1, -0.05) is 5.16 Å². The minimum atomic E-state index is -1.60. The van der Waals surface area contributed by atoms with Gasteiger partial charge in [0.05, 0.1) is 17.4 Å². The van der Waals surface area contributed by atoms with Crippen LogP contribution < -0.4 is 4.90 Å². The molecule has 5 rings (SSSR count). The Morgan fingerprint density at radius 3 is 3.00 bits per heavy atom. The molecular weight excluding hydrogens is 372 g/mol. The van der Waals surface area contributed by atoms with Crippen LogP contribution in [0, 0.1) is 0 Å². The van der Waals surface area contributed by atoms with Crippen molar-refractivity contribution < 1.29 is 14.4 Å². The van der Waals surface area contributed by atoms with E-state index in [1.807, 2.05) is 12.1 Å². The van der Waals surface area contributed by atoms with Crippen LogP contribution >= 0.6 is 0 Å². The van der Waals surface area contributed by atoms with Crippen molar-refractivity contribution in [1.29, 1.82) is 0 Å². The van der Waals surface area contributed by atoms with Crippen molar-refractivity contribution in [2.24, 2.45) is 0 Å². The summed E-state index contributed by atoms with van der Waals surface area (Å²) in [5.41, 5.74) is 0.748. The first-order valence-corrected chi connectivity index (χ1v) is 9.81. The summed E-state index contributed by atoms with van der Waals surface area (Å²) in [4.78, 5) is 29.0. The van der Waals surface area contributed by atoms with Crippen LogP contribution in [0.2, 0.25) is 0 Å². The molecule has 2 aliphatic heterocycles. The molecule has 29 heavy (non-hydrogen) atoms. The Bertz CT molecular complexity index is 1070. The standard InChI is InChI=1S/C20H22N6O3/c1-25-8-6-20(28,19(25)27)17-9-15(24-29-17)13-3-2-7-26(11-13)18-5-4-14-16(23-18)10-21-12-22-14/h4-5,9-10,12-13,28H,2-3,6-8,11H2,1H3/t13?,20-/m1/s1.